The topological polar surface area (TPSA) is 73.7 Å². The van der Waals surface area contributed by atoms with E-state index in [1.165, 1.54) is 10.2 Å². The minimum Gasteiger partial charge on any atom is -0.454 e. The van der Waals surface area contributed by atoms with Gasteiger partial charge >= 0.3 is 0 Å². The first kappa shape index (κ1) is 21.7. The number of carbonyl (C=O) groups excluding carboxylic acids is 1. The van der Waals surface area contributed by atoms with Gasteiger partial charge in [0.25, 0.3) is 5.56 Å². The quantitative estimate of drug-likeness (QED) is 0.431. The van der Waals surface area contributed by atoms with Gasteiger partial charge in [0.1, 0.15) is 12.2 Å². The van der Waals surface area contributed by atoms with E-state index in [0.717, 1.165) is 17.7 Å². The molecule has 7 heteroatoms. The first-order valence-corrected chi connectivity index (χ1v) is 11.4. The van der Waals surface area contributed by atoms with Crippen LogP contribution in [0.3, 0.4) is 0 Å². The van der Waals surface area contributed by atoms with E-state index in [0.29, 0.717) is 34.5 Å². The van der Waals surface area contributed by atoms with Crippen LogP contribution in [0.2, 0.25) is 0 Å². The Bertz CT molecular complexity index is 1430. The van der Waals surface area contributed by atoms with Gasteiger partial charge in [0.05, 0.1) is 5.39 Å². The number of nitrogens with zero attached hydrogens (tertiary/aromatic N) is 3. The van der Waals surface area contributed by atoms with Gasteiger partial charge in [0.2, 0.25) is 12.7 Å². The predicted molar refractivity (Wildman–Crippen MR) is 131 cm³/mol. The number of likely N-dealkylation sites (N-methyl/N-ethyl adjacent to an activating group) is 1. The summed E-state index contributed by atoms with van der Waals surface area (Å²) in [5.74, 6) is 1.01. The lowest BCUT2D eigenvalue weighted by Crippen LogP contribution is -2.37. The van der Waals surface area contributed by atoms with E-state index < -0.39 is 0 Å². The number of amides is 1. The molecule has 0 spiro atoms. The highest BCUT2D eigenvalue weighted by atomic mass is 16.7. The third-order valence-corrected chi connectivity index (χ3v) is 6.08. The molecule has 1 aliphatic rings. The van der Waals surface area contributed by atoms with Crippen molar-refractivity contribution in [2.24, 2.45) is 0 Å². The molecule has 0 atom stereocenters. The van der Waals surface area contributed by atoms with Gasteiger partial charge in [0.15, 0.2) is 11.5 Å². The molecule has 0 aliphatic carbocycles. The SMILES string of the molecule is CCc1ccc(N(CC)C(=O)Cn2nc(-c3cccc4c3OCO4)c3ccccc3c2=O)cc1. The maximum Gasteiger partial charge on any atom is 0.275 e. The van der Waals surface area contributed by atoms with Crippen molar-refractivity contribution in [3.05, 3.63) is 82.6 Å². The Morgan fingerprint density at radius 2 is 1.74 bits per heavy atom. The minimum absolute atomic E-state index is 0.130. The molecule has 5 rings (SSSR count). The molecule has 172 valence electrons. The summed E-state index contributed by atoms with van der Waals surface area (Å²) in [6, 6.07) is 20.8. The van der Waals surface area contributed by atoms with Gasteiger partial charge in [-0.3, -0.25) is 9.59 Å². The number of benzene rings is 3. The van der Waals surface area contributed by atoms with Crippen molar-refractivity contribution in [2.45, 2.75) is 26.8 Å². The summed E-state index contributed by atoms with van der Waals surface area (Å²) in [4.78, 5) is 28.3. The summed E-state index contributed by atoms with van der Waals surface area (Å²) in [5.41, 5.74) is 2.97. The van der Waals surface area contributed by atoms with Crippen LogP contribution in [0.25, 0.3) is 22.0 Å². The molecule has 0 radical (unpaired) electrons. The zero-order valence-corrected chi connectivity index (χ0v) is 19.2. The van der Waals surface area contributed by atoms with Crippen LogP contribution >= 0.6 is 0 Å². The van der Waals surface area contributed by atoms with Crippen LogP contribution in [-0.4, -0.2) is 29.0 Å². The third-order valence-electron chi connectivity index (χ3n) is 6.08. The van der Waals surface area contributed by atoms with Crippen LogP contribution in [0.1, 0.15) is 19.4 Å². The van der Waals surface area contributed by atoms with Crippen LogP contribution in [0, 0.1) is 0 Å². The maximum absolute atomic E-state index is 13.3. The molecule has 1 aliphatic heterocycles. The Labute approximate surface area is 197 Å². The second-order valence-electron chi connectivity index (χ2n) is 8.05. The van der Waals surface area contributed by atoms with E-state index in [9.17, 15) is 9.59 Å². The minimum atomic E-state index is -0.310. The number of aromatic nitrogens is 2. The van der Waals surface area contributed by atoms with Crippen LogP contribution in [0.15, 0.2) is 71.5 Å². The largest absolute Gasteiger partial charge is 0.454 e. The van der Waals surface area contributed by atoms with E-state index in [-0.39, 0.29) is 24.8 Å². The summed E-state index contributed by atoms with van der Waals surface area (Å²) in [5, 5.41) is 5.84. The molecule has 2 heterocycles. The highest BCUT2D eigenvalue weighted by Crippen LogP contribution is 2.41. The fourth-order valence-corrected chi connectivity index (χ4v) is 4.29. The molecule has 0 bridgehead atoms. The molecule has 34 heavy (non-hydrogen) atoms. The molecule has 1 aromatic heterocycles. The molecular formula is C27H25N3O4. The zero-order valence-electron chi connectivity index (χ0n) is 19.2. The number of carbonyl (C=O) groups is 1. The lowest BCUT2D eigenvalue weighted by atomic mass is 10.0. The molecule has 0 N–H and O–H groups in total. The van der Waals surface area contributed by atoms with E-state index in [1.54, 1.807) is 11.0 Å². The molecule has 0 saturated carbocycles. The van der Waals surface area contributed by atoms with Gasteiger partial charge in [-0.1, -0.05) is 43.3 Å². The molecule has 4 aromatic rings. The van der Waals surface area contributed by atoms with Crippen molar-refractivity contribution in [3.8, 4) is 22.8 Å². The fraction of sp³-hybridized carbons (Fsp3) is 0.222. The van der Waals surface area contributed by atoms with Crippen LogP contribution in [-0.2, 0) is 17.8 Å². The monoisotopic (exact) mass is 455 g/mol. The molecule has 3 aromatic carbocycles. The lowest BCUT2D eigenvalue weighted by molar-refractivity contribution is -0.119. The highest BCUT2D eigenvalue weighted by molar-refractivity contribution is 5.96. The number of anilines is 1. The highest BCUT2D eigenvalue weighted by Gasteiger charge is 2.23. The second-order valence-corrected chi connectivity index (χ2v) is 8.05. The maximum atomic E-state index is 13.3. The summed E-state index contributed by atoms with van der Waals surface area (Å²) >= 11 is 0. The van der Waals surface area contributed by atoms with E-state index in [1.807, 2.05) is 67.6 Å². The van der Waals surface area contributed by atoms with Crippen molar-refractivity contribution >= 4 is 22.4 Å². The Kier molecular flexibility index (Phi) is 5.76. The first-order chi connectivity index (χ1) is 16.6. The molecular weight excluding hydrogens is 430 g/mol. The van der Waals surface area contributed by atoms with Gasteiger partial charge in [-0.25, -0.2) is 4.68 Å². The summed E-state index contributed by atoms with van der Waals surface area (Å²) < 4.78 is 12.5. The molecule has 0 unspecified atom stereocenters. The third kappa shape index (κ3) is 3.79. The fourth-order valence-electron chi connectivity index (χ4n) is 4.29. The van der Waals surface area contributed by atoms with Crippen LogP contribution in [0.5, 0.6) is 11.5 Å². The number of fused-ring (bicyclic) bond motifs is 2. The van der Waals surface area contributed by atoms with Gasteiger partial charge in [-0.15, -0.1) is 0 Å². The first-order valence-electron chi connectivity index (χ1n) is 11.4. The number of rotatable bonds is 6. The number of ether oxygens (including phenoxy) is 2. The average molecular weight is 456 g/mol. The second kappa shape index (κ2) is 9.02. The molecule has 0 fully saturated rings. The van der Waals surface area contributed by atoms with Crippen molar-refractivity contribution in [2.75, 3.05) is 18.2 Å². The zero-order chi connectivity index (χ0) is 23.7. The van der Waals surface area contributed by atoms with E-state index in [2.05, 4.69) is 12.0 Å². The Balaban J connectivity index is 1.58. The van der Waals surface area contributed by atoms with E-state index >= 15 is 0 Å². The normalized spacial score (nSPS) is 12.2. The van der Waals surface area contributed by atoms with Crippen LogP contribution in [0.4, 0.5) is 5.69 Å². The number of hydrogen-bond acceptors (Lipinski definition) is 5. The number of hydrogen-bond donors (Lipinski definition) is 0. The van der Waals surface area contributed by atoms with Crippen molar-refractivity contribution in [1.29, 1.82) is 0 Å². The molecule has 1 amide bonds. The summed E-state index contributed by atoms with van der Waals surface area (Å²) in [7, 11) is 0. The number of aryl methyl sites for hydroxylation is 1. The lowest BCUT2D eigenvalue weighted by Gasteiger charge is -2.22. The summed E-state index contributed by atoms with van der Waals surface area (Å²) in [6.45, 7) is 4.44. The van der Waals surface area contributed by atoms with Gasteiger partial charge in [-0.2, -0.15) is 5.10 Å². The standard InChI is InChI=1S/C27H25N3O4/c1-3-18-12-14-19(15-13-18)29(4-2)24(31)16-30-27(32)21-9-6-5-8-20(21)25(28-30)22-10-7-11-23-26(22)34-17-33-23/h5-15H,3-4,16-17H2,1-2H3. The predicted octanol–water partition coefficient (Wildman–Crippen LogP) is 4.41. The van der Waals surface area contributed by atoms with Crippen molar-refractivity contribution in [3.63, 3.8) is 0 Å². The molecule has 7 nitrogen and oxygen atoms in total. The van der Waals surface area contributed by atoms with Crippen molar-refractivity contribution < 1.29 is 14.3 Å². The van der Waals surface area contributed by atoms with Gasteiger partial charge < -0.3 is 14.4 Å². The van der Waals surface area contributed by atoms with Crippen molar-refractivity contribution in [1.82, 2.24) is 9.78 Å². The smallest absolute Gasteiger partial charge is 0.275 e. The van der Waals surface area contributed by atoms with E-state index in [4.69, 9.17) is 9.47 Å². The Morgan fingerprint density at radius 3 is 2.47 bits per heavy atom. The number of para-hydroxylation sites is 1. The summed E-state index contributed by atoms with van der Waals surface area (Å²) in [6.07, 6.45) is 0.928. The molecule has 0 saturated heterocycles. The Morgan fingerprint density at radius 1 is 0.971 bits per heavy atom. The van der Waals surface area contributed by atoms with Gasteiger partial charge in [-0.05, 0) is 49.2 Å². The van der Waals surface area contributed by atoms with Crippen LogP contribution < -0.4 is 19.9 Å². The van der Waals surface area contributed by atoms with Gasteiger partial charge in [0, 0.05) is 23.2 Å². The average Bonchev–Trinajstić information content (AvgIpc) is 3.36. The Hall–Kier alpha value is -4.13.